The van der Waals surface area contributed by atoms with Gasteiger partial charge in [-0.2, -0.15) is 0 Å². The van der Waals surface area contributed by atoms with Crippen molar-refractivity contribution in [3.05, 3.63) is 64.7 Å². The first-order valence-electron chi connectivity index (χ1n) is 7.06. The van der Waals surface area contributed by atoms with Crippen molar-refractivity contribution in [1.29, 1.82) is 0 Å². The van der Waals surface area contributed by atoms with Gasteiger partial charge in [0.1, 0.15) is 11.9 Å². The number of rotatable bonds is 6. The van der Waals surface area contributed by atoms with Crippen molar-refractivity contribution >= 4 is 0 Å². The maximum absolute atomic E-state index is 10.5. The number of hydrogen-bond acceptors (Lipinski definition) is 3. The second-order valence-corrected chi connectivity index (χ2v) is 5.12. The Hall–Kier alpha value is -1.84. The normalized spacial score (nSPS) is 12.2. The van der Waals surface area contributed by atoms with Crippen molar-refractivity contribution in [3.8, 4) is 5.75 Å². The first kappa shape index (κ1) is 15.5. The molecule has 0 aliphatic carbocycles. The maximum Gasteiger partial charge on any atom is 0.122 e. The average Bonchev–Trinajstić information content (AvgIpc) is 2.53. The molecule has 0 saturated carbocycles. The predicted molar refractivity (Wildman–Crippen MR) is 83.8 cm³/mol. The Morgan fingerprint density at radius 3 is 2.29 bits per heavy atom. The highest BCUT2D eigenvalue weighted by Crippen LogP contribution is 2.27. The molecular formula is C18H22O3. The number of hydrogen-bond donors (Lipinski definition) is 1. The van der Waals surface area contributed by atoms with Crippen LogP contribution in [-0.2, 0) is 11.2 Å². The van der Waals surface area contributed by atoms with Crippen LogP contribution in [0.5, 0.6) is 5.75 Å². The van der Waals surface area contributed by atoms with Crippen LogP contribution < -0.4 is 4.74 Å². The van der Waals surface area contributed by atoms with E-state index in [2.05, 4.69) is 0 Å². The average molecular weight is 286 g/mol. The van der Waals surface area contributed by atoms with Crippen LogP contribution >= 0.6 is 0 Å². The summed E-state index contributed by atoms with van der Waals surface area (Å²) in [5, 5.41) is 10.5. The monoisotopic (exact) mass is 286 g/mol. The van der Waals surface area contributed by atoms with E-state index in [4.69, 9.17) is 9.47 Å². The standard InChI is InChI=1S/C18H22O3/c1-13-4-7-16(12-17(13)21-3)18(19)15-8-5-14(6-9-15)10-11-20-2/h4-9,12,18-19H,10-11H2,1-3H3. The smallest absolute Gasteiger partial charge is 0.122 e. The molecule has 0 saturated heterocycles. The SMILES string of the molecule is COCCc1ccc(C(O)c2ccc(C)c(OC)c2)cc1. The fraction of sp³-hybridized carbons (Fsp3) is 0.333. The molecule has 0 fully saturated rings. The molecule has 0 bridgehead atoms. The highest BCUT2D eigenvalue weighted by molar-refractivity contribution is 5.40. The van der Waals surface area contributed by atoms with Crippen molar-refractivity contribution in [3.63, 3.8) is 0 Å². The highest BCUT2D eigenvalue weighted by atomic mass is 16.5. The lowest BCUT2D eigenvalue weighted by Crippen LogP contribution is -2.01. The van der Waals surface area contributed by atoms with Crippen molar-refractivity contribution in [1.82, 2.24) is 0 Å². The van der Waals surface area contributed by atoms with Crippen molar-refractivity contribution in [2.24, 2.45) is 0 Å². The minimum Gasteiger partial charge on any atom is -0.496 e. The summed E-state index contributed by atoms with van der Waals surface area (Å²) in [5.41, 5.74) is 3.97. The summed E-state index contributed by atoms with van der Waals surface area (Å²) in [6.07, 6.45) is 0.238. The van der Waals surface area contributed by atoms with Gasteiger partial charge in [0.2, 0.25) is 0 Å². The Kier molecular flexibility index (Phi) is 5.37. The summed E-state index contributed by atoms with van der Waals surface area (Å²) in [7, 11) is 3.34. The van der Waals surface area contributed by atoms with E-state index in [0.717, 1.165) is 28.9 Å². The predicted octanol–water partition coefficient (Wildman–Crippen LogP) is 3.27. The lowest BCUT2D eigenvalue weighted by atomic mass is 9.98. The van der Waals surface area contributed by atoms with Crippen molar-refractivity contribution in [2.45, 2.75) is 19.4 Å². The Morgan fingerprint density at radius 1 is 1.00 bits per heavy atom. The summed E-state index contributed by atoms with van der Waals surface area (Å²) in [6, 6.07) is 13.8. The van der Waals surface area contributed by atoms with Gasteiger partial charge in [0.25, 0.3) is 0 Å². The van der Waals surface area contributed by atoms with Crippen LogP contribution in [0.2, 0.25) is 0 Å². The largest absolute Gasteiger partial charge is 0.496 e. The van der Waals surface area contributed by atoms with E-state index in [0.29, 0.717) is 6.61 Å². The second-order valence-electron chi connectivity index (χ2n) is 5.12. The molecule has 0 radical (unpaired) electrons. The quantitative estimate of drug-likeness (QED) is 0.885. The number of ether oxygens (including phenoxy) is 2. The number of aliphatic hydroxyl groups excluding tert-OH is 1. The van der Waals surface area contributed by atoms with E-state index < -0.39 is 6.10 Å². The van der Waals surface area contributed by atoms with Gasteiger partial charge in [0, 0.05) is 7.11 Å². The second kappa shape index (κ2) is 7.25. The molecule has 2 aromatic rings. The summed E-state index contributed by atoms with van der Waals surface area (Å²) in [5.74, 6) is 0.795. The first-order valence-corrected chi connectivity index (χ1v) is 7.06. The van der Waals surface area contributed by atoms with Crippen molar-refractivity contribution < 1.29 is 14.6 Å². The number of aliphatic hydroxyl groups is 1. The van der Waals surface area contributed by atoms with E-state index in [1.807, 2.05) is 49.4 Å². The minimum atomic E-state index is -0.643. The Bertz CT molecular complexity index is 576. The summed E-state index contributed by atoms with van der Waals surface area (Å²) < 4.78 is 10.4. The lowest BCUT2D eigenvalue weighted by molar-refractivity contribution is 0.202. The molecule has 3 heteroatoms. The molecule has 0 spiro atoms. The molecule has 3 nitrogen and oxygen atoms in total. The van der Waals surface area contributed by atoms with Crippen LogP contribution in [0.4, 0.5) is 0 Å². The van der Waals surface area contributed by atoms with E-state index in [1.54, 1.807) is 14.2 Å². The zero-order valence-electron chi connectivity index (χ0n) is 12.8. The van der Waals surface area contributed by atoms with Crippen LogP contribution in [0.1, 0.15) is 28.4 Å². The molecule has 0 aliphatic heterocycles. The van der Waals surface area contributed by atoms with Gasteiger partial charge in [0.15, 0.2) is 0 Å². The lowest BCUT2D eigenvalue weighted by Gasteiger charge is -2.14. The van der Waals surface area contributed by atoms with Gasteiger partial charge in [-0.3, -0.25) is 0 Å². The third-order valence-corrected chi connectivity index (χ3v) is 3.64. The van der Waals surface area contributed by atoms with Gasteiger partial charge in [-0.25, -0.2) is 0 Å². The third kappa shape index (κ3) is 3.84. The number of benzene rings is 2. The molecule has 0 heterocycles. The van der Waals surface area contributed by atoms with Gasteiger partial charge >= 0.3 is 0 Å². The number of methoxy groups -OCH3 is 2. The van der Waals surface area contributed by atoms with Gasteiger partial charge in [-0.15, -0.1) is 0 Å². The fourth-order valence-electron chi connectivity index (χ4n) is 2.29. The fourth-order valence-corrected chi connectivity index (χ4v) is 2.29. The molecular weight excluding hydrogens is 264 g/mol. The first-order chi connectivity index (χ1) is 10.2. The van der Waals surface area contributed by atoms with E-state index in [1.165, 1.54) is 5.56 Å². The van der Waals surface area contributed by atoms with E-state index in [9.17, 15) is 5.11 Å². The van der Waals surface area contributed by atoms with Crippen LogP contribution in [-0.4, -0.2) is 25.9 Å². The third-order valence-electron chi connectivity index (χ3n) is 3.64. The zero-order valence-corrected chi connectivity index (χ0v) is 12.8. The topological polar surface area (TPSA) is 38.7 Å². The molecule has 1 N–H and O–H groups in total. The molecule has 1 unspecified atom stereocenters. The molecule has 112 valence electrons. The van der Waals surface area contributed by atoms with Crippen LogP contribution in [0.15, 0.2) is 42.5 Å². The van der Waals surface area contributed by atoms with Crippen LogP contribution in [0.25, 0.3) is 0 Å². The van der Waals surface area contributed by atoms with Crippen molar-refractivity contribution in [2.75, 3.05) is 20.8 Å². The molecule has 2 aromatic carbocycles. The van der Waals surface area contributed by atoms with Crippen LogP contribution in [0, 0.1) is 6.92 Å². The van der Waals surface area contributed by atoms with Crippen LogP contribution in [0.3, 0.4) is 0 Å². The van der Waals surface area contributed by atoms with Gasteiger partial charge < -0.3 is 14.6 Å². The summed E-state index contributed by atoms with van der Waals surface area (Å²) >= 11 is 0. The molecule has 0 aliphatic rings. The van der Waals surface area contributed by atoms with Gasteiger partial charge in [0.05, 0.1) is 13.7 Å². The summed E-state index contributed by atoms with van der Waals surface area (Å²) in [6.45, 7) is 2.69. The number of aryl methyl sites for hydroxylation is 1. The molecule has 0 amide bonds. The summed E-state index contributed by atoms with van der Waals surface area (Å²) in [4.78, 5) is 0. The minimum absolute atomic E-state index is 0.643. The molecule has 2 rings (SSSR count). The molecule has 1 atom stereocenters. The zero-order chi connectivity index (χ0) is 15.2. The Balaban J connectivity index is 2.17. The molecule has 0 aromatic heterocycles. The Morgan fingerprint density at radius 2 is 1.67 bits per heavy atom. The molecule has 21 heavy (non-hydrogen) atoms. The van der Waals surface area contributed by atoms with Gasteiger partial charge in [-0.1, -0.05) is 36.4 Å². The maximum atomic E-state index is 10.5. The van der Waals surface area contributed by atoms with E-state index in [-0.39, 0.29) is 0 Å². The van der Waals surface area contributed by atoms with Gasteiger partial charge in [-0.05, 0) is 41.7 Å². The highest BCUT2D eigenvalue weighted by Gasteiger charge is 2.12. The Labute approximate surface area is 126 Å². The van der Waals surface area contributed by atoms with E-state index >= 15 is 0 Å².